The van der Waals surface area contributed by atoms with E-state index >= 15 is 0 Å². The third-order valence-corrected chi connectivity index (χ3v) is 5.27. The second-order valence-corrected chi connectivity index (χ2v) is 7.83. The normalized spacial score (nSPS) is 12.1. The fourth-order valence-corrected chi connectivity index (χ4v) is 3.38. The second kappa shape index (κ2) is 11.1. The minimum absolute atomic E-state index is 0.171. The molecule has 0 spiro atoms. The van der Waals surface area contributed by atoms with Gasteiger partial charge >= 0.3 is 7.12 Å². The van der Waals surface area contributed by atoms with Gasteiger partial charge in [0.15, 0.2) is 0 Å². The van der Waals surface area contributed by atoms with Crippen LogP contribution in [0.1, 0.15) is 41.2 Å². The number of carbonyl (C=O) groups is 1. The molecule has 1 atom stereocenters. The lowest BCUT2D eigenvalue weighted by molar-refractivity contribution is -0.121. The van der Waals surface area contributed by atoms with Crippen molar-refractivity contribution in [2.75, 3.05) is 13.1 Å². The van der Waals surface area contributed by atoms with E-state index in [1.807, 2.05) is 26.0 Å². The molecule has 0 bridgehead atoms. The first kappa shape index (κ1) is 23.1. The molecule has 156 valence electrons. The number of nitrogens with zero attached hydrogens (tertiary/aromatic N) is 1. The smallest absolute Gasteiger partial charge is 0.426 e. The van der Waals surface area contributed by atoms with Crippen LogP contribution in [0.2, 0.25) is 0 Å². The number of benzene rings is 2. The first-order valence-corrected chi connectivity index (χ1v) is 10.3. The lowest BCUT2D eigenvalue weighted by Gasteiger charge is -2.22. The van der Waals surface area contributed by atoms with Crippen molar-refractivity contribution >= 4 is 13.0 Å². The minimum Gasteiger partial charge on any atom is -0.426 e. The maximum Gasteiger partial charge on any atom is 0.475 e. The van der Waals surface area contributed by atoms with Crippen molar-refractivity contribution in [3.8, 4) is 0 Å². The van der Waals surface area contributed by atoms with Gasteiger partial charge in [0.1, 0.15) is 0 Å². The molecule has 0 aliphatic carbocycles. The monoisotopic (exact) mass is 396 g/mol. The number of aryl methyl sites for hydroxylation is 3. The van der Waals surface area contributed by atoms with E-state index in [-0.39, 0.29) is 5.91 Å². The molecule has 0 radical (unpaired) electrons. The Morgan fingerprint density at radius 3 is 2.31 bits per heavy atom. The van der Waals surface area contributed by atoms with Crippen LogP contribution in [0.15, 0.2) is 42.5 Å². The van der Waals surface area contributed by atoms with Gasteiger partial charge in [-0.1, -0.05) is 60.5 Å². The molecule has 2 rings (SSSR count). The van der Waals surface area contributed by atoms with Crippen LogP contribution in [0.4, 0.5) is 0 Å². The number of hydrogen-bond donors (Lipinski definition) is 3. The Balaban J connectivity index is 1.89. The second-order valence-electron chi connectivity index (χ2n) is 7.83. The highest BCUT2D eigenvalue weighted by Crippen LogP contribution is 2.13. The molecule has 0 aliphatic rings. The molecule has 2 aromatic carbocycles. The van der Waals surface area contributed by atoms with E-state index in [1.54, 1.807) is 0 Å². The molecule has 5 nitrogen and oxygen atoms in total. The first-order valence-electron chi connectivity index (χ1n) is 10.3. The first-order chi connectivity index (χ1) is 13.8. The van der Waals surface area contributed by atoms with Gasteiger partial charge in [-0.2, -0.15) is 0 Å². The topological polar surface area (TPSA) is 72.8 Å². The summed E-state index contributed by atoms with van der Waals surface area (Å²) < 4.78 is 0. The molecule has 3 N–H and O–H groups in total. The van der Waals surface area contributed by atoms with Crippen LogP contribution in [0, 0.1) is 20.8 Å². The SMILES string of the molecule is CCN(CCC(=O)N[C@@H](Cc1ccc(C)cc1C)B(O)O)Cc1ccc(C)cc1. The van der Waals surface area contributed by atoms with Gasteiger partial charge in [-0.25, -0.2) is 0 Å². The zero-order valence-corrected chi connectivity index (χ0v) is 18.0. The van der Waals surface area contributed by atoms with Gasteiger partial charge in [-0.15, -0.1) is 0 Å². The summed E-state index contributed by atoms with van der Waals surface area (Å²) >= 11 is 0. The number of nitrogens with one attached hydrogen (secondary N) is 1. The molecule has 0 aromatic heterocycles. The standard InChI is InChI=1S/C23H33BN2O3/c1-5-26(16-20-9-6-17(2)7-10-20)13-12-23(27)25-22(24(28)29)15-21-11-8-18(3)14-19(21)4/h6-11,14,22,28-29H,5,12-13,15-16H2,1-4H3,(H,25,27)/t22-/m0/s1. The van der Waals surface area contributed by atoms with Crippen molar-refractivity contribution in [3.63, 3.8) is 0 Å². The molecule has 0 saturated carbocycles. The van der Waals surface area contributed by atoms with E-state index in [4.69, 9.17) is 0 Å². The Morgan fingerprint density at radius 1 is 1.07 bits per heavy atom. The number of rotatable bonds is 10. The molecule has 2 aromatic rings. The third-order valence-electron chi connectivity index (χ3n) is 5.27. The van der Waals surface area contributed by atoms with Gasteiger partial charge in [0.25, 0.3) is 0 Å². The molecule has 6 heteroatoms. The highest BCUT2D eigenvalue weighted by atomic mass is 16.4. The summed E-state index contributed by atoms with van der Waals surface area (Å²) in [6.45, 7) is 10.4. The predicted molar refractivity (Wildman–Crippen MR) is 118 cm³/mol. The zero-order chi connectivity index (χ0) is 21.4. The minimum atomic E-state index is -1.60. The van der Waals surface area contributed by atoms with Crippen molar-refractivity contribution in [1.29, 1.82) is 0 Å². The summed E-state index contributed by atoms with van der Waals surface area (Å²) in [7, 11) is -1.60. The van der Waals surface area contributed by atoms with E-state index in [9.17, 15) is 14.8 Å². The number of hydrogen-bond acceptors (Lipinski definition) is 4. The summed E-state index contributed by atoms with van der Waals surface area (Å²) in [6, 6.07) is 14.4. The van der Waals surface area contributed by atoms with E-state index < -0.39 is 13.1 Å². The van der Waals surface area contributed by atoms with Gasteiger partial charge in [0.2, 0.25) is 5.91 Å². The number of amides is 1. The molecule has 0 unspecified atom stereocenters. The largest absolute Gasteiger partial charge is 0.475 e. The van der Waals surface area contributed by atoms with Crippen LogP contribution in [0.25, 0.3) is 0 Å². The molecule has 0 fully saturated rings. The Hall–Kier alpha value is -2.15. The van der Waals surface area contributed by atoms with Gasteiger partial charge < -0.3 is 15.4 Å². The Labute approximate surface area is 174 Å². The molecule has 0 saturated heterocycles. The summed E-state index contributed by atoms with van der Waals surface area (Å²) in [5.41, 5.74) is 5.69. The summed E-state index contributed by atoms with van der Waals surface area (Å²) in [5, 5.41) is 22.3. The number of carbonyl (C=O) groups excluding carboxylic acids is 1. The molecule has 0 aliphatic heterocycles. The summed E-state index contributed by atoms with van der Waals surface area (Å²) in [6.07, 6.45) is 0.701. The van der Waals surface area contributed by atoms with E-state index in [2.05, 4.69) is 54.4 Å². The van der Waals surface area contributed by atoms with Crippen LogP contribution >= 0.6 is 0 Å². The Kier molecular flexibility index (Phi) is 8.89. The fourth-order valence-electron chi connectivity index (χ4n) is 3.38. The van der Waals surface area contributed by atoms with E-state index in [1.165, 1.54) is 11.1 Å². The summed E-state index contributed by atoms with van der Waals surface area (Å²) in [4.78, 5) is 14.7. The fraction of sp³-hybridized carbons (Fsp3) is 0.435. The summed E-state index contributed by atoms with van der Waals surface area (Å²) in [5.74, 6) is -0.897. The van der Waals surface area contributed by atoms with Crippen molar-refractivity contribution in [2.45, 2.75) is 53.0 Å². The zero-order valence-electron chi connectivity index (χ0n) is 18.0. The Morgan fingerprint density at radius 2 is 1.72 bits per heavy atom. The van der Waals surface area contributed by atoms with Crippen LogP contribution in [0.3, 0.4) is 0 Å². The van der Waals surface area contributed by atoms with Crippen LogP contribution in [0.5, 0.6) is 0 Å². The lowest BCUT2D eigenvalue weighted by atomic mass is 9.75. The van der Waals surface area contributed by atoms with Crippen molar-refractivity contribution in [2.24, 2.45) is 0 Å². The molecule has 29 heavy (non-hydrogen) atoms. The van der Waals surface area contributed by atoms with Gasteiger partial charge in [0, 0.05) is 19.5 Å². The highest BCUT2D eigenvalue weighted by molar-refractivity contribution is 6.43. The predicted octanol–water partition coefficient (Wildman–Crippen LogP) is 2.56. The molecule has 0 heterocycles. The molecular formula is C23H33BN2O3. The molecule has 1 amide bonds. The van der Waals surface area contributed by atoms with E-state index in [0.717, 1.165) is 29.8 Å². The van der Waals surface area contributed by atoms with Crippen molar-refractivity contribution in [3.05, 3.63) is 70.3 Å². The molecular weight excluding hydrogens is 363 g/mol. The van der Waals surface area contributed by atoms with Gasteiger partial charge in [-0.3, -0.25) is 9.69 Å². The highest BCUT2D eigenvalue weighted by Gasteiger charge is 2.26. The lowest BCUT2D eigenvalue weighted by Crippen LogP contribution is -2.48. The average molecular weight is 396 g/mol. The van der Waals surface area contributed by atoms with E-state index in [0.29, 0.717) is 19.4 Å². The van der Waals surface area contributed by atoms with Crippen LogP contribution < -0.4 is 5.32 Å². The maximum atomic E-state index is 12.4. The Bertz CT molecular complexity index is 793. The van der Waals surface area contributed by atoms with Crippen molar-refractivity contribution < 1.29 is 14.8 Å². The van der Waals surface area contributed by atoms with Crippen LogP contribution in [-0.4, -0.2) is 47.0 Å². The van der Waals surface area contributed by atoms with Gasteiger partial charge in [0.05, 0.1) is 5.94 Å². The average Bonchev–Trinajstić information content (AvgIpc) is 2.67. The van der Waals surface area contributed by atoms with Gasteiger partial charge in [-0.05, 0) is 50.4 Å². The van der Waals surface area contributed by atoms with Crippen molar-refractivity contribution in [1.82, 2.24) is 10.2 Å². The maximum absolute atomic E-state index is 12.4. The third kappa shape index (κ3) is 7.65. The van der Waals surface area contributed by atoms with Crippen LogP contribution in [-0.2, 0) is 17.8 Å². The quantitative estimate of drug-likeness (QED) is 0.540.